The number of halogens is 1. The van der Waals surface area contributed by atoms with Crippen molar-refractivity contribution in [2.24, 2.45) is 0 Å². The highest BCUT2D eigenvalue weighted by molar-refractivity contribution is 6.28. The number of benzene rings is 1. The van der Waals surface area contributed by atoms with Gasteiger partial charge in [0.05, 0.1) is 0 Å². The zero-order valence-corrected chi connectivity index (χ0v) is 9.35. The number of anilines is 1. The summed E-state index contributed by atoms with van der Waals surface area (Å²) in [4.78, 5) is 10.3. The first-order valence-corrected chi connectivity index (χ1v) is 5.51. The molecule has 0 aliphatic carbocycles. The normalized spacial score (nSPS) is 13.9. The number of nitrogens with zero attached hydrogens (tertiary/aromatic N) is 3. The molecule has 0 amide bonds. The number of hydrogen-bond acceptors (Lipinski definition) is 3. The largest absolute Gasteiger partial charge is 0.348 e. The summed E-state index contributed by atoms with van der Waals surface area (Å²) in [6.45, 7) is 1.78. The van der Waals surface area contributed by atoms with Crippen LogP contribution in [0.1, 0.15) is 11.1 Å². The van der Waals surface area contributed by atoms with Gasteiger partial charge < -0.3 is 4.90 Å². The van der Waals surface area contributed by atoms with Crippen LogP contribution >= 0.6 is 11.6 Å². The van der Waals surface area contributed by atoms with Gasteiger partial charge in [0, 0.05) is 19.3 Å². The molecule has 2 heterocycles. The van der Waals surface area contributed by atoms with Crippen molar-refractivity contribution in [3.05, 3.63) is 52.9 Å². The Bertz CT molecular complexity index is 502. The molecule has 3 rings (SSSR count). The fraction of sp³-hybridized carbons (Fsp3) is 0.167. The van der Waals surface area contributed by atoms with Crippen molar-refractivity contribution in [3.8, 4) is 0 Å². The first-order valence-electron chi connectivity index (χ1n) is 5.13. The van der Waals surface area contributed by atoms with Crippen LogP contribution in [0.25, 0.3) is 0 Å². The van der Waals surface area contributed by atoms with Crippen molar-refractivity contribution < 1.29 is 0 Å². The van der Waals surface area contributed by atoms with E-state index in [0.717, 1.165) is 18.9 Å². The van der Waals surface area contributed by atoms with Crippen LogP contribution in [-0.4, -0.2) is 9.97 Å². The summed E-state index contributed by atoms with van der Waals surface area (Å²) in [6.07, 6.45) is 1.69. The van der Waals surface area contributed by atoms with E-state index in [9.17, 15) is 0 Å². The highest BCUT2D eigenvalue weighted by Crippen LogP contribution is 2.26. The summed E-state index contributed by atoms with van der Waals surface area (Å²) in [7, 11) is 0. The van der Waals surface area contributed by atoms with Crippen molar-refractivity contribution in [2.75, 3.05) is 4.90 Å². The van der Waals surface area contributed by atoms with Gasteiger partial charge in [0.15, 0.2) is 0 Å². The number of aromatic nitrogens is 2. The molecule has 0 bridgehead atoms. The fourth-order valence-electron chi connectivity index (χ4n) is 2.00. The third kappa shape index (κ3) is 1.63. The molecular weight excluding hydrogens is 222 g/mol. The first-order chi connectivity index (χ1) is 7.83. The molecular formula is C12H10ClN3. The van der Waals surface area contributed by atoms with Gasteiger partial charge in [-0.25, -0.2) is 9.97 Å². The molecule has 0 saturated heterocycles. The number of fused-ring (bicyclic) bond motifs is 1. The smallest absolute Gasteiger partial charge is 0.224 e. The van der Waals surface area contributed by atoms with Gasteiger partial charge in [0.2, 0.25) is 5.28 Å². The average molecular weight is 232 g/mol. The van der Waals surface area contributed by atoms with E-state index in [-0.39, 0.29) is 0 Å². The molecule has 0 atom stereocenters. The molecule has 2 aromatic rings. The highest BCUT2D eigenvalue weighted by atomic mass is 35.5. The summed E-state index contributed by atoms with van der Waals surface area (Å²) in [5, 5.41) is 0.299. The molecule has 1 aromatic heterocycles. The lowest BCUT2D eigenvalue weighted by Gasteiger charge is -2.15. The summed E-state index contributed by atoms with van der Waals surface area (Å²) >= 11 is 5.79. The average Bonchev–Trinajstić information content (AvgIpc) is 2.72. The van der Waals surface area contributed by atoms with Crippen molar-refractivity contribution in [3.63, 3.8) is 0 Å². The lowest BCUT2D eigenvalue weighted by Crippen LogP contribution is -2.16. The molecule has 1 aromatic carbocycles. The van der Waals surface area contributed by atoms with Crippen LogP contribution in [0.5, 0.6) is 0 Å². The van der Waals surface area contributed by atoms with Crippen LogP contribution < -0.4 is 4.90 Å². The molecule has 0 saturated carbocycles. The molecule has 80 valence electrons. The lowest BCUT2D eigenvalue weighted by molar-refractivity contribution is 0.851. The van der Waals surface area contributed by atoms with Crippen LogP contribution in [0.3, 0.4) is 0 Å². The van der Waals surface area contributed by atoms with E-state index < -0.39 is 0 Å². The Balaban J connectivity index is 1.91. The van der Waals surface area contributed by atoms with E-state index in [1.54, 1.807) is 6.20 Å². The second-order valence-electron chi connectivity index (χ2n) is 3.81. The SMILES string of the molecule is Clc1nccc(N2Cc3ccccc3C2)n1. The quantitative estimate of drug-likeness (QED) is 0.707. The van der Waals surface area contributed by atoms with Gasteiger partial charge in [-0.05, 0) is 28.8 Å². The van der Waals surface area contributed by atoms with Gasteiger partial charge in [0.25, 0.3) is 0 Å². The topological polar surface area (TPSA) is 29.0 Å². The maximum atomic E-state index is 5.79. The van der Waals surface area contributed by atoms with Crippen molar-refractivity contribution in [2.45, 2.75) is 13.1 Å². The second kappa shape index (κ2) is 3.76. The standard InChI is InChI=1S/C12H10ClN3/c13-12-14-6-5-11(15-12)16-7-9-3-1-2-4-10(9)8-16/h1-6H,7-8H2. The first kappa shape index (κ1) is 9.60. The summed E-state index contributed by atoms with van der Waals surface area (Å²) < 4.78 is 0. The second-order valence-corrected chi connectivity index (χ2v) is 4.15. The van der Waals surface area contributed by atoms with Gasteiger partial charge in [0.1, 0.15) is 5.82 Å². The maximum Gasteiger partial charge on any atom is 0.224 e. The summed E-state index contributed by atoms with van der Waals surface area (Å²) in [5.41, 5.74) is 2.72. The molecule has 0 N–H and O–H groups in total. The van der Waals surface area contributed by atoms with Crippen LogP contribution in [0, 0.1) is 0 Å². The number of hydrogen-bond donors (Lipinski definition) is 0. The minimum atomic E-state index is 0.299. The van der Waals surface area contributed by atoms with Gasteiger partial charge in [-0.2, -0.15) is 0 Å². The molecule has 0 unspecified atom stereocenters. The Kier molecular flexibility index (Phi) is 2.26. The zero-order chi connectivity index (χ0) is 11.0. The summed E-state index contributed by atoms with van der Waals surface area (Å²) in [5.74, 6) is 0.885. The molecule has 1 aliphatic rings. The molecule has 0 fully saturated rings. The molecule has 1 aliphatic heterocycles. The van der Waals surface area contributed by atoms with Crippen LogP contribution in [0.2, 0.25) is 5.28 Å². The Hall–Kier alpha value is -1.61. The van der Waals surface area contributed by atoms with Crippen LogP contribution in [0.4, 0.5) is 5.82 Å². The lowest BCUT2D eigenvalue weighted by atomic mass is 10.1. The third-order valence-electron chi connectivity index (χ3n) is 2.78. The van der Waals surface area contributed by atoms with Gasteiger partial charge in [-0.1, -0.05) is 24.3 Å². The van der Waals surface area contributed by atoms with Gasteiger partial charge in [-0.3, -0.25) is 0 Å². The molecule has 3 nitrogen and oxygen atoms in total. The summed E-state index contributed by atoms with van der Waals surface area (Å²) in [6, 6.07) is 10.3. The highest BCUT2D eigenvalue weighted by Gasteiger charge is 2.19. The Morgan fingerprint density at radius 2 is 1.75 bits per heavy atom. The Labute approximate surface area is 98.7 Å². The van der Waals surface area contributed by atoms with E-state index in [4.69, 9.17) is 11.6 Å². The minimum absolute atomic E-state index is 0.299. The zero-order valence-electron chi connectivity index (χ0n) is 8.60. The molecule has 16 heavy (non-hydrogen) atoms. The van der Waals surface area contributed by atoms with Crippen molar-refractivity contribution >= 4 is 17.4 Å². The van der Waals surface area contributed by atoms with E-state index >= 15 is 0 Å². The van der Waals surface area contributed by atoms with E-state index in [2.05, 4.69) is 39.1 Å². The monoisotopic (exact) mass is 231 g/mol. The predicted octanol–water partition coefficient (Wildman–Crippen LogP) is 2.65. The van der Waals surface area contributed by atoms with Gasteiger partial charge >= 0.3 is 0 Å². The van der Waals surface area contributed by atoms with Crippen LogP contribution in [0.15, 0.2) is 36.5 Å². The Morgan fingerprint density at radius 3 is 2.38 bits per heavy atom. The van der Waals surface area contributed by atoms with E-state index in [1.165, 1.54) is 11.1 Å². The maximum absolute atomic E-state index is 5.79. The molecule has 0 spiro atoms. The third-order valence-corrected chi connectivity index (χ3v) is 2.96. The minimum Gasteiger partial charge on any atom is -0.348 e. The predicted molar refractivity (Wildman–Crippen MR) is 63.4 cm³/mol. The van der Waals surface area contributed by atoms with E-state index in [0.29, 0.717) is 5.28 Å². The Morgan fingerprint density at radius 1 is 1.06 bits per heavy atom. The number of rotatable bonds is 1. The van der Waals surface area contributed by atoms with Crippen molar-refractivity contribution in [1.29, 1.82) is 0 Å². The van der Waals surface area contributed by atoms with Crippen LogP contribution in [-0.2, 0) is 13.1 Å². The molecule has 0 radical (unpaired) electrons. The van der Waals surface area contributed by atoms with E-state index in [1.807, 2.05) is 6.07 Å². The fourth-order valence-corrected chi connectivity index (χ4v) is 2.14. The van der Waals surface area contributed by atoms with Gasteiger partial charge in [-0.15, -0.1) is 0 Å². The molecule has 4 heteroatoms. The van der Waals surface area contributed by atoms with Crippen molar-refractivity contribution in [1.82, 2.24) is 9.97 Å².